The molecule has 0 radical (unpaired) electrons. The smallest absolute Gasteiger partial charge is 0.234 e. The van der Waals surface area contributed by atoms with Gasteiger partial charge in [-0.1, -0.05) is 11.6 Å². The molecule has 1 saturated carbocycles. The Hall–Kier alpha value is -1.98. The van der Waals surface area contributed by atoms with Crippen molar-refractivity contribution in [1.29, 1.82) is 0 Å². The standard InChI is InChI=1S/C11H15N3O3/c12-9(14-16)11(4-2-5-11)10(15)13-7-8-3-1-6-17-8/h1,3,6,16H,2,4-5,7H2,(H2,12,14)(H,13,15). The van der Waals surface area contributed by atoms with Crippen molar-refractivity contribution < 1.29 is 14.4 Å². The number of oxime groups is 1. The van der Waals surface area contributed by atoms with Crippen LogP contribution < -0.4 is 11.1 Å². The van der Waals surface area contributed by atoms with Crippen LogP contribution in [0.3, 0.4) is 0 Å². The summed E-state index contributed by atoms with van der Waals surface area (Å²) in [6.45, 7) is 0.312. The van der Waals surface area contributed by atoms with Crippen LogP contribution in [-0.4, -0.2) is 17.0 Å². The van der Waals surface area contributed by atoms with E-state index in [2.05, 4.69) is 10.5 Å². The highest BCUT2D eigenvalue weighted by molar-refractivity contribution is 6.07. The second-order valence-electron chi connectivity index (χ2n) is 4.18. The number of nitrogens with zero attached hydrogens (tertiary/aromatic N) is 1. The highest BCUT2D eigenvalue weighted by Gasteiger charge is 2.48. The van der Waals surface area contributed by atoms with Crippen LogP contribution in [0.2, 0.25) is 0 Å². The maximum atomic E-state index is 12.0. The third-order valence-electron chi connectivity index (χ3n) is 3.24. The Morgan fingerprint density at radius 2 is 2.41 bits per heavy atom. The van der Waals surface area contributed by atoms with Gasteiger partial charge in [0.05, 0.1) is 12.8 Å². The molecule has 0 saturated heterocycles. The first-order chi connectivity index (χ1) is 8.19. The van der Waals surface area contributed by atoms with Crippen LogP contribution in [0.4, 0.5) is 0 Å². The van der Waals surface area contributed by atoms with Crippen molar-refractivity contribution in [3.63, 3.8) is 0 Å². The van der Waals surface area contributed by atoms with Crippen LogP contribution in [0.5, 0.6) is 0 Å². The van der Waals surface area contributed by atoms with Gasteiger partial charge in [-0.2, -0.15) is 0 Å². The molecule has 0 atom stereocenters. The molecule has 0 spiro atoms. The lowest BCUT2D eigenvalue weighted by atomic mass is 9.67. The summed E-state index contributed by atoms with van der Waals surface area (Å²) in [7, 11) is 0. The summed E-state index contributed by atoms with van der Waals surface area (Å²) in [5.41, 5.74) is 4.75. The quantitative estimate of drug-likeness (QED) is 0.312. The number of amides is 1. The van der Waals surface area contributed by atoms with Gasteiger partial charge in [-0.05, 0) is 25.0 Å². The van der Waals surface area contributed by atoms with E-state index < -0.39 is 5.41 Å². The van der Waals surface area contributed by atoms with Crippen LogP contribution in [-0.2, 0) is 11.3 Å². The Morgan fingerprint density at radius 1 is 1.65 bits per heavy atom. The molecule has 0 aliphatic heterocycles. The van der Waals surface area contributed by atoms with Crippen molar-refractivity contribution in [2.24, 2.45) is 16.3 Å². The van der Waals surface area contributed by atoms with Gasteiger partial charge >= 0.3 is 0 Å². The van der Waals surface area contributed by atoms with E-state index in [1.54, 1.807) is 18.4 Å². The van der Waals surface area contributed by atoms with Gasteiger partial charge in [0.15, 0.2) is 5.84 Å². The fourth-order valence-corrected chi connectivity index (χ4v) is 1.98. The minimum absolute atomic E-state index is 0.0132. The monoisotopic (exact) mass is 237 g/mol. The van der Waals surface area contributed by atoms with E-state index in [9.17, 15) is 4.79 Å². The molecule has 1 aliphatic rings. The van der Waals surface area contributed by atoms with Gasteiger partial charge in [-0.15, -0.1) is 0 Å². The minimum atomic E-state index is -0.832. The number of amidine groups is 1. The predicted octanol–water partition coefficient (Wildman–Crippen LogP) is 0.812. The third kappa shape index (κ3) is 1.98. The molecule has 6 heteroatoms. The number of hydrogen-bond donors (Lipinski definition) is 3. The van der Waals surface area contributed by atoms with E-state index in [1.165, 1.54) is 0 Å². The highest BCUT2D eigenvalue weighted by atomic mass is 16.4. The number of hydrogen-bond acceptors (Lipinski definition) is 4. The molecule has 92 valence electrons. The molecule has 2 rings (SSSR count). The molecule has 1 aromatic heterocycles. The summed E-state index contributed by atoms with van der Waals surface area (Å²) in [5.74, 6) is 0.448. The van der Waals surface area contributed by atoms with Crippen molar-refractivity contribution in [1.82, 2.24) is 5.32 Å². The van der Waals surface area contributed by atoms with E-state index in [0.29, 0.717) is 25.1 Å². The minimum Gasteiger partial charge on any atom is -0.467 e. The van der Waals surface area contributed by atoms with Crippen molar-refractivity contribution >= 4 is 11.7 Å². The summed E-state index contributed by atoms with van der Waals surface area (Å²) in [4.78, 5) is 12.0. The number of nitrogens with two attached hydrogens (primary N) is 1. The summed E-state index contributed by atoms with van der Waals surface area (Å²) >= 11 is 0. The van der Waals surface area contributed by atoms with E-state index >= 15 is 0 Å². The Balaban J connectivity index is 1.99. The van der Waals surface area contributed by atoms with E-state index in [0.717, 1.165) is 6.42 Å². The first kappa shape index (κ1) is 11.5. The van der Waals surface area contributed by atoms with Crippen LogP contribution in [0.15, 0.2) is 28.0 Å². The summed E-state index contributed by atoms with van der Waals surface area (Å²) < 4.78 is 5.11. The van der Waals surface area contributed by atoms with E-state index in [1.807, 2.05) is 0 Å². The summed E-state index contributed by atoms with van der Waals surface area (Å²) in [6.07, 6.45) is 3.69. The average molecular weight is 237 g/mol. The highest BCUT2D eigenvalue weighted by Crippen LogP contribution is 2.41. The Bertz CT molecular complexity index is 421. The van der Waals surface area contributed by atoms with Crippen LogP contribution in [0.1, 0.15) is 25.0 Å². The first-order valence-corrected chi connectivity index (χ1v) is 5.48. The maximum Gasteiger partial charge on any atom is 0.234 e. The van der Waals surface area contributed by atoms with Crippen molar-refractivity contribution in [2.45, 2.75) is 25.8 Å². The normalized spacial score (nSPS) is 18.5. The van der Waals surface area contributed by atoms with Crippen molar-refractivity contribution in [2.75, 3.05) is 0 Å². The third-order valence-corrected chi connectivity index (χ3v) is 3.24. The molecule has 1 heterocycles. The largest absolute Gasteiger partial charge is 0.467 e. The van der Waals surface area contributed by atoms with Crippen LogP contribution >= 0.6 is 0 Å². The lowest BCUT2D eigenvalue weighted by Crippen LogP contribution is -2.53. The number of carbonyl (C=O) groups is 1. The zero-order chi connectivity index (χ0) is 12.3. The van der Waals surface area contributed by atoms with Gasteiger partial charge in [0.2, 0.25) is 5.91 Å². The predicted molar refractivity (Wildman–Crippen MR) is 60.2 cm³/mol. The van der Waals surface area contributed by atoms with Crippen LogP contribution in [0, 0.1) is 5.41 Å². The van der Waals surface area contributed by atoms with Crippen molar-refractivity contribution in [3.05, 3.63) is 24.2 Å². The summed E-state index contributed by atoms with van der Waals surface area (Å²) in [6, 6.07) is 3.53. The molecule has 4 N–H and O–H groups in total. The van der Waals surface area contributed by atoms with Gasteiger partial charge in [-0.3, -0.25) is 4.79 Å². The molecular weight excluding hydrogens is 222 g/mol. The number of nitrogens with one attached hydrogen (secondary N) is 1. The maximum absolute atomic E-state index is 12.0. The Morgan fingerprint density at radius 3 is 2.88 bits per heavy atom. The number of rotatable bonds is 4. The SMILES string of the molecule is N/C(=N/O)C1(C(=O)NCc2ccco2)CCC1. The second kappa shape index (κ2) is 4.48. The Labute approximate surface area is 98.5 Å². The lowest BCUT2D eigenvalue weighted by molar-refractivity contribution is -0.131. The second-order valence-corrected chi connectivity index (χ2v) is 4.18. The van der Waals surface area contributed by atoms with Crippen molar-refractivity contribution in [3.8, 4) is 0 Å². The van der Waals surface area contributed by atoms with Gasteiger partial charge in [-0.25, -0.2) is 0 Å². The molecule has 0 bridgehead atoms. The van der Waals surface area contributed by atoms with E-state index in [4.69, 9.17) is 15.4 Å². The first-order valence-electron chi connectivity index (χ1n) is 5.48. The molecule has 1 aliphatic carbocycles. The molecule has 1 fully saturated rings. The number of furan rings is 1. The zero-order valence-corrected chi connectivity index (χ0v) is 9.35. The molecule has 0 aromatic carbocycles. The molecule has 1 aromatic rings. The molecule has 6 nitrogen and oxygen atoms in total. The van der Waals surface area contributed by atoms with Crippen LogP contribution in [0.25, 0.3) is 0 Å². The fraction of sp³-hybridized carbons (Fsp3) is 0.455. The van der Waals surface area contributed by atoms with Gasteiger partial charge in [0.25, 0.3) is 0 Å². The Kier molecular flexibility index (Phi) is 3.03. The zero-order valence-electron chi connectivity index (χ0n) is 9.35. The van der Waals surface area contributed by atoms with E-state index in [-0.39, 0.29) is 11.7 Å². The fourth-order valence-electron chi connectivity index (χ4n) is 1.98. The lowest BCUT2D eigenvalue weighted by Gasteiger charge is -2.38. The number of carbonyl (C=O) groups excluding carboxylic acids is 1. The molecule has 17 heavy (non-hydrogen) atoms. The summed E-state index contributed by atoms with van der Waals surface area (Å²) in [5, 5.41) is 14.4. The van der Waals surface area contributed by atoms with Gasteiger partial charge in [0.1, 0.15) is 11.2 Å². The van der Waals surface area contributed by atoms with Gasteiger partial charge in [0, 0.05) is 0 Å². The molecular formula is C11H15N3O3. The average Bonchev–Trinajstić information content (AvgIpc) is 2.77. The topological polar surface area (TPSA) is 101 Å². The molecule has 1 amide bonds. The molecule has 0 unspecified atom stereocenters. The van der Waals surface area contributed by atoms with Gasteiger partial charge < -0.3 is 20.7 Å².